The quantitative estimate of drug-likeness (QED) is 0.205. The third-order valence-electron chi connectivity index (χ3n) is 7.57. The second-order valence-corrected chi connectivity index (χ2v) is 11.8. The first-order chi connectivity index (χ1) is 18.6. The number of nitro groups is 1. The van der Waals surface area contributed by atoms with Crippen molar-refractivity contribution in [2.24, 2.45) is 23.5 Å². The molecule has 3 aliphatic rings. The van der Waals surface area contributed by atoms with Crippen molar-refractivity contribution in [3.05, 3.63) is 45.6 Å². The van der Waals surface area contributed by atoms with Gasteiger partial charge in [-0.1, -0.05) is 0 Å². The monoisotopic (exact) mass is 581 g/mol. The Balaban J connectivity index is 0.000000333. The first-order valence-corrected chi connectivity index (χ1v) is 14.2. The molecule has 4 N–H and O–H groups in total. The van der Waals surface area contributed by atoms with Gasteiger partial charge in [0.05, 0.1) is 29.5 Å². The Morgan fingerprint density at radius 3 is 2.59 bits per heavy atom. The molecule has 2 heterocycles. The van der Waals surface area contributed by atoms with Gasteiger partial charge in [-0.3, -0.25) is 14.9 Å². The molecule has 2 aromatic rings. The number of amides is 1. The summed E-state index contributed by atoms with van der Waals surface area (Å²) in [5.74, 6) is 1.50. The number of anilines is 2. The number of halogens is 2. The van der Waals surface area contributed by atoms with E-state index in [9.17, 15) is 19.3 Å². The Kier molecular flexibility index (Phi) is 9.67. The predicted molar refractivity (Wildman–Crippen MR) is 149 cm³/mol. The van der Waals surface area contributed by atoms with Crippen LogP contribution in [0, 0.1) is 33.7 Å². The van der Waals surface area contributed by atoms with Gasteiger partial charge in [-0.25, -0.2) is 9.37 Å². The number of nitrogen functional groups attached to an aromatic ring is 1. The average Bonchev–Trinajstić information content (AvgIpc) is 3.51. The molecular weight excluding hydrogens is 549 g/mol. The van der Waals surface area contributed by atoms with Crippen molar-refractivity contribution in [2.45, 2.75) is 24.5 Å². The Labute approximate surface area is 235 Å². The number of hydrogen-bond acceptors (Lipinski definition) is 10. The second kappa shape index (κ2) is 13.0. The molecule has 1 aliphatic heterocycles. The van der Waals surface area contributed by atoms with Gasteiger partial charge in [-0.05, 0) is 55.8 Å². The summed E-state index contributed by atoms with van der Waals surface area (Å²) >= 11 is 7.15. The lowest BCUT2D eigenvalue weighted by molar-refractivity contribution is -0.384. The standard InChI is InChI=1S/C21H30N4O4S.C4H3ClFN3/c1-23-4-6-24(7-5-23)18-3-2-16(25(27)28)13-19(18)29-8-9-30-20-12-14-10-15(20)11-17(14)21(22)26;5-4-8-1-2(6)3(7)9-4/h2-3,13-15,17,20H,4-12H2,1H3,(H2,22,26);1H,(H2,7,8,9)/t14-,15-,17+,20+;/m0./s1. The zero-order chi connectivity index (χ0) is 28.1. The molecule has 1 aromatic heterocycles. The van der Waals surface area contributed by atoms with Gasteiger partial charge < -0.3 is 26.0 Å². The van der Waals surface area contributed by atoms with Crippen LogP contribution in [-0.2, 0) is 4.79 Å². The summed E-state index contributed by atoms with van der Waals surface area (Å²) in [5.41, 5.74) is 11.5. The SMILES string of the molecule is CN1CCN(c2ccc([N+](=O)[O-])cc2OCCS[C@@H]2C[C@@H]3C[C@H]2C[C@H]3C(N)=O)CC1.Nc1nc(Cl)ncc1F. The molecule has 0 spiro atoms. The molecule has 1 aromatic carbocycles. The molecule has 39 heavy (non-hydrogen) atoms. The van der Waals surface area contributed by atoms with Crippen LogP contribution in [0.3, 0.4) is 0 Å². The number of carbonyl (C=O) groups is 1. The Morgan fingerprint density at radius 1 is 1.26 bits per heavy atom. The second-order valence-electron chi connectivity index (χ2n) is 10.1. The fourth-order valence-electron chi connectivity index (χ4n) is 5.52. The summed E-state index contributed by atoms with van der Waals surface area (Å²) < 4.78 is 18.2. The molecule has 0 unspecified atom stereocenters. The molecule has 212 valence electrons. The number of nitrogens with zero attached hydrogens (tertiary/aromatic N) is 5. The van der Waals surface area contributed by atoms with Crippen molar-refractivity contribution < 1.29 is 18.8 Å². The van der Waals surface area contributed by atoms with Crippen molar-refractivity contribution >= 4 is 46.5 Å². The first-order valence-electron chi connectivity index (χ1n) is 12.8. The number of aromatic nitrogens is 2. The van der Waals surface area contributed by atoms with E-state index in [1.54, 1.807) is 12.1 Å². The largest absolute Gasteiger partial charge is 0.490 e. The number of thioether (sulfide) groups is 1. The van der Waals surface area contributed by atoms with E-state index in [4.69, 9.17) is 27.8 Å². The highest BCUT2D eigenvalue weighted by atomic mass is 35.5. The number of carbonyl (C=O) groups excluding carboxylic acids is 1. The van der Waals surface area contributed by atoms with Crippen LogP contribution < -0.4 is 21.1 Å². The molecule has 4 atom stereocenters. The Bertz CT molecular complexity index is 1190. The van der Waals surface area contributed by atoms with Crippen molar-refractivity contribution in [3.8, 4) is 5.75 Å². The normalized spacial score (nSPS) is 24.2. The van der Waals surface area contributed by atoms with E-state index >= 15 is 0 Å². The lowest BCUT2D eigenvalue weighted by atomic mass is 9.88. The maximum Gasteiger partial charge on any atom is 0.273 e. The number of primary amides is 1. The van der Waals surface area contributed by atoms with E-state index in [1.165, 1.54) is 0 Å². The van der Waals surface area contributed by atoms with E-state index in [-0.39, 0.29) is 33.5 Å². The summed E-state index contributed by atoms with van der Waals surface area (Å²) in [6.45, 7) is 4.20. The number of likely N-dealkylation sites (N-methyl/N-ethyl adjacent to an activating group) is 1. The highest BCUT2D eigenvalue weighted by Crippen LogP contribution is 2.52. The zero-order valence-electron chi connectivity index (χ0n) is 21.7. The zero-order valence-corrected chi connectivity index (χ0v) is 23.2. The molecule has 2 bridgehead atoms. The molecule has 11 nitrogen and oxygen atoms in total. The van der Waals surface area contributed by atoms with Gasteiger partial charge in [0.1, 0.15) is 5.75 Å². The molecule has 2 aliphatic carbocycles. The van der Waals surface area contributed by atoms with E-state index in [1.807, 2.05) is 17.8 Å². The van der Waals surface area contributed by atoms with Crippen LogP contribution in [0.15, 0.2) is 24.4 Å². The maximum absolute atomic E-state index is 12.2. The summed E-state index contributed by atoms with van der Waals surface area (Å²) in [5, 5.41) is 11.7. The fourth-order valence-corrected chi connectivity index (χ4v) is 7.02. The van der Waals surface area contributed by atoms with Crippen molar-refractivity contribution in [1.82, 2.24) is 14.9 Å². The number of nitro benzene ring substituents is 1. The van der Waals surface area contributed by atoms with Crippen LogP contribution in [0.5, 0.6) is 5.75 Å². The summed E-state index contributed by atoms with van der Waals surface area (Å²) in [7, 11) is 2.10. The smallest absolute Gasteiger partial charge is 0.273 e. The summed E-state index contributed by atoms with van der Waals surface area (Å²) in [4.78, 5) is 33.6. The van der Waals surface area contributed by atoms with E-state index in [0.29, 0.717) is 29.4 Å². The maximum atomic E-state index is 12.2. The molecule has 1 saturated heterocycles. The van der Waals surface area contributed by atoms with Crippen LogP contribution in [0.25, 0.3) is 0 Å². The highest BCUT2D eigenvalue weighted by molar-refractivity contribution is 7.99. The minimum absolute atomic E-state index is 0.0473. The van der Waals surface area contributed by atoms with Gasteiger partial charge in [0, 0.05) is 49.2 Å². The molecule has 14 heteroatoms. The van der Waals surface area contributed by atoms with Crippen molar-refractivity contribution in [2.75, 3.05) is 56.2 Å². The Hall–Kier alpha value is -2.90. The van der Waals surface area contributed by atoms with Crippen LogP contribution in [-0.4, -0.2) is 76.5 Å². The molecule has 2 saturated carbocycles. The Morgan fingerprint density at radius 2 is 2.00 bits per heavy atom. The van der Waals surface area contributed by atoms with Gasteiger partial charge in [0.15, 0.2) is 11.6 Å². The van der Waals surface area contributed by atoms with Gasteiger partial charge in [0.25, 0.3) is 5.69 Å². The van der Waals surface area contributed by atoms with Crippen LogP contribution >= 0.6 is 23.4 Å². The fraction of sp³-hybridized carbons (Fsp3) is 0.560. The van der Waals surface area contributed by atoms with Crippen LogP contribution in [0.4, 0.5) is 21.6 Å². The third kappa shape index (κ3) is 7.40. The lowest BCUT2D eigenvalue weighted by Crippen LogP contribution is -2.44. The van der Waals surface area contributed by atoms with Gasteiger partial charge in [-0.2, -0.15) is 16.7 Å². The summed E-state index contributed by atoms with van der Waals surface area (Å²) in [6, 6.07) is 4.92. The predicted octanol–water partition coefficient (Wildman–Crippen LogP) is 3.21. The van der Waals surface area contributed by atoms with E-state index in [0.717, 1.165) is 63.1 Å². The third-order valence-corrected chi connectivity index (χ3v) is 9.16. The number of fused-ring (bicyclic) bond motifs is 2. The van der Waals surface area contributed by atoms with Crippen LogP contribution in [0.1, 0.15) is 19.3 Å². The van der Waals surface area contributed by atoms with Crippen molar-refractivity contribution in [3.63, 3.8) is 0 Å². The molecule has 1 amide bonds. The lowest BCUT2D eigenvalue weighted by Gasteiger charge is -2.34. The first kappa shape index (κ1) is 29.1. The minimum Gasteiger partial charge on any atom is -0.490 e. The van der Waals surface area contributed by atoms with Gasteiger partial charge in [0.2, 0.25) is 11.2 Å². The molecule has 5 rings (SSSR count). The van der Waals surface area contributed by atoms with Crippen molar-refractivity contribution in [1.29, 1.82) is 0 Å². The number of nitrogens with two attached hydrogens (primary N) is 2. The van der Waals surface area contributed by atoms with E-state index < -0.39 is 5.82 Å². The van der Waals surface area contributed by atoms with Gasteiger partial charge >= 0.3 is 0 Å². The minimum atomic E-state index is -0.653. The number of ether oxygens (including phenoxy) is 1. The number of rotatable bonds is 8. The molecule has 3 fully saturated rings. The molecular formula is C25H33ClFN7O4S. The number of piperazine rings is 1. The number of benzene rings is 1. The molecule has 0 radical (unpaired) electrons. The average molecular weight is 582 g/mol. The topological polar surface area (TPSA) is 154 Å². The number of hydrogen-bond donors (Lipinski definition) is 2. The summed E-state index contributed by atoms with van der Waals surface area (Å²) in [6.07, 6.45) is 4.03. The highest BCUT2D eigenvalue weighted by Gasteiger charge is 2.47. The van der Waals surface area contributed by atoms with Crippen LogP contribution in [0.2, 0.25) is 5.28 Å². The van der Waals surface area contributed by atoms with E-state index in [2.05, 4.69) is 26.8 Å². The number of non-ortho nitro benzene ring substituents is 1. The van der Waals surface area contributed by atoms with Gasteiger partial charge in [-0.15, -0.1) is 0 Å².